The van der Waals surface area contributed by atoms with E-state index in [1.807, 2.05) is 12.1 Å². The van der Waals surface area contributed by atoms with Gasteiger partial charge >= 0.3 is 0 Å². The summed E-state index contributed by atoms with van der Waals surface area (Å²) in [6.45, 7) is 7.45. The molecule has 0 N–H and O–H groups in total. The summed E-state index contributed by atoms with van der Waals surface area (Å²) in [5.41, 5.74) is 2.22. The minimum atomic E-state index is 0.765. The molecule has 0 unspecified atom stereocenters. The number of aryl methyl sites for hydroxylation is 1. The van der Waals surface area contributed by atoms with Crippen LogP contribution in [-0.2, 0) is 7.05 Å². The van der Waals surface area contributed by atoms with Gasteiger partial charge in [-0.15, -0.1) is 0 Å². The molecule has 3 nitrogen and oxygen atoms in total. The van der Waals surface area contributed by atoms with Gasteiger partial charge < -0.3 is 9.80 Å². The van der Waals surface area contributed by atoms with Crippen molar-refractivity contribution in [3.05, 3.63) is 67.0 Å². The van der Waals surface area contributed by atoms with E-state index in [0.29, 0.717) is 0 Å². The molecule has 0 radical (unpaired) electrons. The summed E-state index contributed by atoms with van der Waals surface area (Å²) in [4.78, 5) is 6.97. The normalized spacial score (nSPS) is 21.2. The van der Waals surface area contributed by atoms with Crippen LogP contribution < -0.4 is 9.47 Å². The van der Waals surface area contributed by atoms with E-state index in [4.69, 9.17) is 11.6 Å². The second kappa shape index (κ2) is 7.00. The highest BCUT2D eigenvalue weighted by Crippen LogP contribution is 2.54. The first-order valence-electron chi connectivity index (χ1n) is 8.24. The highest BCUT2D eigenvalue weighted by atomic mass is 35.5. The molecule has 7 heteroatoms. The van der Waals surface area contributed by atoms with Crippen molar-refractivity contribution in [3.63, 3.8) is 0 Å². The Morgan fingerprint density at radius 2 is 2.12 bits per heavy atom. The van der Waals surface area contributed by atoms with E-state index in [1.165, 1.54) is 24.9 Å². The topological polar surface area (TPSA) is 10.4 Å². The molecule has 1 aromatic carbocycles. The summed E-state index contributed by atoms with van der Waals surface area (Å²) in [6, 6.07) is 6.07. The predicted molar refractivity (Wildman–Crippen MR) is 115 cm³/mol. The van der Waals surface area contributed by atoms with Gasteiger partial charge in [0.1, 0.15) is 7.05 Å². The van der Waals surface area contributed by atoms with E-state index < -0.39 is 0 Å². The number of anilines is 1. The van der Waals surface area contributed by atoms with Crippen LogP contribution >= 0.6 is 46.5 Å². The summed E-state index contributed by atoms with van der Waals surface area (Å²) in [7, 11) is 4.18. The fraction of sp³-hybridized carbons (Fsp3) is 0.211. The molecule has 0 amide bonds. The molecule has 1 aromatic heterocycles. The second-order valence-electron chi connectivity index (χ2n) is 6.04. The number of halogens is 1. The zero-order chi connectivity index (χ0) is 18.4. The second-order valence-corrected chi connectivity index (χ2v) is 9.46. The van der Waals surface area contributed by atoms with Crippen LogP contribution in [0.1, 0.15) is 11.9 Å². The fourth-order valence-electron chi connectivity index (χ4n) is 3.00. The number of likely N-dealkylation sites (N-methyl/N-ethyl adjacent to an activating group) is 1. The van der Waals surface area contributed by atoms with Crippen molar-refractivity contribution in [2.24, 2.45) is 7.05 Å². The molecule has 2 aromatic rings. The van der Waals surface area contributed by atoms with Crippen molar-refractivity contribution < 1.29 is 4.57 Å². The van der Waals surface area contributed by atoms with Gasteiger partial charge in [-0.1, -0.05) is 53.0 Å². The largest absolute Gasteiger partial charge is 0.337 e. The molecular formula is C19H19ClN3S3+. The Morgan fingerprint density at radius 1 is 1.31 bits per heavy atom. The first kappa shape index (κ1) is 18.0. The summed E-state index contributed by atoms with van der Waals surface area (Å²) in [6.07, 6.45) is 4.34. The van der Waals surface area contributed by atoms with E-state index in [9.17, 15) is 0 Å². The van der Waals surface area contributed by atoms with E-state index in [-0.39, 0.29) is 0 Å². The molecule has 26 heavy (non-hydrogen) atoms. The highest BCUT2D eigenvalue weighted by Gasteiger charge is 2.34. The monoisotopic (exact) mass is 420 g/mol. The first-order chi connectivity index (χ1) is 12.5. The van der Waals surface area contributed by atoms with Gasteiger partial charge in [-0.2, -0.15) is 4.57 Å². The minimum Gasteiger partial charge on any atom is -0.337 e. The van der Waals surface area contributed by atoms with Crippen molar-refractivity contribution in [1.29, 1.82) is 0 Å². The van der Waals surface area contributed by atoms with Crippen LogP contribution in [0.4, 0.5) is 5.69 Å². The number of thioether (sulfide) groups is 2. The van der Waals surface area contributed by atoms with Crippen LogP contribution in [0.25, 0.3) is 6.08 Å². The lowest BCUT2D eigenvalue weighted by Crippen LogP contribution is -2.27. The molecular weight excluding hydrogens is 402 g/mol. The van der Waals surface area contributed by atoms with Crippen LogP contribution in [0.15, 0.2) is 61.9 Å². The van der Waals surface area contributed by atoms with Crippen molar-refractivity contribution in [1.82, 2.24) is 4.90 Å². The average Bonchev–Trinajstić information content (AvgIpc) is 3.26. The van der Waals surface area contributed by atoms with Gasteiger partial charge in [0.05, 0.1) is 37.8 Å². The van der Waals surface area contributed by atoms with Crippen LogP contribution in [-0.4, -0.2) is 18.5 Å². The van der Waals surface area contributed by atoms with Crippen LogP contribution in [0.3, 0.4) is 0 Å². The molecule has 0 atom stereocenters. The maximum absolute atomic E-state index is 6.19. The van der Waals surface area contributed by atoms with Crippen molar-refractivity contribution in [2.45, 2.75) is 11.8 Å². The molecule has 2 aliphatic rings. The first-order valence-corrected chi connectivity index (χ1v) is 11.1. The van der Waals surface area contributed by atoms with Crippen LogP contribution in [0.2, 0.25) is 5.02 Å². The van der Waals surface area contributed by atoms with E-state index in [0.717, 1.165) is 23.0 Å². The number of fused-ring (bicyclic) bond motifs is 1. The lowest BCUT2D eigenvalue weighted by atomic mass is 10.3. The van der Waals surface area contributed by atoms with Crippen molar-refractivity contribution in [3.8, 4) is 0 Å². The summed E-state index contributed by atoms with van der Waals surface area (Å²) >= 11 is 11.5. The number of hydrogen-bond donors (Lipinski definition) is 0. The highest BCUT2D eigenvalue weighted by molar-refractivity contribution is 8.09. The Hall–Kier alpha value is -1.34. The molecule has 4 rings (SSSR count). The zero-order valence-electron chi connectivity index (χ0n) is 14.8. The number of benzene rings is 1. The molecule has 1 fully saturated rings. The standard InChI is InChI=1S/C19H19ClN3S3/c1-5-23-12(2)18(26-17(23)11-16-21(3)8-9-24-16)19-22(4)14-10-13(20)6-7-15(14)25-19/h6-11H,2,5H2,1,3-4H3/q+1. The molecule has 0 bridgehead atoms. The Kier molecular flexibility index (Phi) is 4.86. The maximum atomic E-state index is 6.19. The van der Waals surface area contributed by atoms with Crippen LogP contribution in [0, 0.1) is 0 Å². The number of aromatic nitrogens is 1. The van der Waals surface area contributed by atoms with Crippen molar-refractivity contribution in [2.75, 3.05) is 18.5 Å². The third kappa shape index (κ3) is 2.99. The van der Waals surface area contributed by atoms with Gasteiger partial charge in [0.2, 0.25) is 0 Å². The van der Waals surface area contributed by atoms with Gasteiger partial charge in [-0.25, -0.2) is 0 Å². The number of nitrogens with zero attached hydrogens (tertiary/aromatic N) is 3. The molecule has 0 saturated carbocycles. The predicted octanol–water partition coefficient (Wildman–Crippen LogP) is 5.52. The third-order valence-electron chi connectivity index (χ3n) is 4.43. The van der Waals surface area contributed by atoms with Gasteiger partial charge in [0.15, 0.2) is 6.20 Å². The van der Waals surface area contributed by atoms with Gasteiger partial charge in [-0.05, 0) is 25.1 Å². The summed E-state index contributed by atoms with van der Waals surface area (Å²) in [5, 5.41) is 6.54. The smallest absolute Gasteiger partial charge is 0.264 e. The molecule has 3 heterocycles. The lowest BCUT2D eigenvalue weighted by Gasteiger charge is -2.18. The third-order valence-corrected chi connectivity index (χ3v) is 8.12. The number of rotatable bonds is 2. The van der Waals surface area contributed by atoms with Gasteiger partial charge in [-0.3, -0.25) is 0 Å². The summed E-state index contributed by atoms with van der Waals surface area (Å²) in [5.74, 6) is 0. The Bertz CT molecular complexity index is 961. The van der Waals surface area contributed by atoms with E-state index in [1.54, 1.807) is 34.9 Å². The van der Waals surface area contributed by atoms with Crippen LogP contribution in [0.5, 0.6) is 0 Å². The SMILES string of the molecule is C=C1C(=C2Sc3ccc(Cl)cc3N2C)SC(=Cc2scc[n+]2C)N1CC. The lowest BCUT2D eigenvalue weighted by molar-refractivity contribution is -0.668. The van der Waals surface area contributed by atoms with Crippen molar-refractivity contribution >= 4 is 58.2 Å². The molecule has 0 aliphatic carbocycles. The van der Waals surface area contributed by atoms with E-state index >= 15 is 0 Å². The molecule has 134 valence electrons. The quantitative estimate of drug-likeness (QED) is 0.592. The Balaban J connectivity index is 1.74. The van der Waals surface area contributed by atoms with Gasteiger partial charge in [0, 0.05) is 23.5 Å². The minimum absolute atomic E-state index is 0.765. The summed E-state index contributed by atoms with van der Waals surface area (Å²) < 4.78 is 2.15. The molecule has 2 aliphatic heterocycles. The Labute approximate surface area is 171 Å². The van der Waals surface area contributed by atoms with Gasteiger partial charge in [0.25, 0.3) is 5.01 Å². The fourth-order valence-corrected chi connectivity index (χ4v) is 6.56. The molecule has 0 spiro atoms. The van der Waals surface area contributed by atoms with E-state index in [2.05, 4.69) is 65.7 Å². The maximum Gasteiger partial charge on any atom is 0.264 e. The average molecular weight is 421 g/mol. The number of thiazole rings is 1. The number of hydrogen-bond acceptors (Lipinski definition) is 5. The zero-order valence-corrected chi connectivity index (χ0v) is 18.0. The Morgan fingerprint density at radius 3 is 2.81 bits per heavy atom. The molecule has 1 saturated heterocycles.